The second kappa shape index (κ2) is 8.82. The lowest BCUT2D eigenvalue weighted by molar-refractivity contribution is -0.127. The number of benzene rings is 1. The molecule has 1 aromatic heterocycles. The summed E-state index contributed by atoms with van der Waals surface area (Å²) < 4.78 is 6.20. The van der Waals surface area contributed by atoms with Crippen LogP contribution in [0, 0.1) is 12.8 Å². The van der Waals surface area contributed by atoms with Crippen molar-refractivity contribution in [2.45, 2.75) is 64.6 Å². The molecule has 8 nitrogen and oxygen atoms in total. The molecule has 0 bridgehead atoms. The highest BCUT2D eigenvalue weighted by atomic mass is 35.5. The number of nitrogens with zero attached hydrogens (tertiary/aromatic N) is 3. The molecule has 176 valence electrons. The van der Waals surface area contributed by atoms with Gasteiger partial charge in [0.2, 0.25) is 5.91 Å². The van der Waals surface area contributed by atoms with E-state index in [4.69, 9.17) is 16.3 Å². The molecular formula is C24H29ClN4O4. The Morgan fingerprint density at radius 1 is 1.21 bits per heavy atom. The number of esters is 1. The summed E-state index contributed by atoms with van der Waals surface area (Å²) in [5.74, 6) is -0.641. The van der Waals surface area contributed by atoms with Gasteiger partial charge in [0.05, 0.1) is 13.7 Å². The third kappa shape index (κ3) is 4.24. The maximum absolute atomic E-state index is 13.7. The smallest absolute Gasteiger partial charge is 0.358 e. The lowest BCUT2D eigenvalue weighted by atomic mass is 9.86. The van der Waals surface area contributed by atoms with Crippen LogP contribution < -0.4 is 10.2 Å². The number of fused-ring (bicyclic) bond motifs is 1. The van der Waals surface area contributed by atoms with E-state index < -0.39 is 17.4 Å². The molecule has 1 aliphatic heterocycles. The summed E-state index contributed by atoms with van der Waals surface area (Å²) in [4.78, 5) is 41.0. The highest BCUT2D eigenvalue weighted by Gasteiger charge is 2.50. The normalized spacial score (nSPS) is 24.9. The van der Waals surface area contributed by atoms with E-state index in [-0.39, 0.29) is 29.9 Å². The van der Waals surface area contributed by atoms with E-state index in [0.717, 1.165) is 31.2 Å². The Balaban J connectivity index is 1.76. The molecule has 1 saturated carbocycles. The number of carbonyl (C=O) groups is 3. The Morgan fingerprint density at radius 3 is 2.55 bits per heavy atom. The summed E-state index contributed by atoms with van der Waals surface area (Å²) >= 11 is 6.15. The van der Waals surface area contributed by atoms with Crippen LogP contribution in [0.5, 0.6) is 0 Å². The number of aromatic nitrogens is 2. The molecule has 2 aromatic rings. The summed E-state index contributed by atoms with van der Waals surface area (Å²) in [6.45, 7) is 5.91. The number of hydrogen-bond donors (Lipinski definition) is 1. The Morgan fingerprint density at radius 2 is 1.91 bits per heavy atom. The lowest BCUT2D eigenvalue weighted by Crippen LogP contribution is -2.65. The molecule has 1 aromatic carbocycles. The van der Waals surface area contributed by atoms with Crippen LogP contribution in [0.25, 0.3) is 0 Å². The topological polar surface area (TPSA) is 93.5 Å². The predicted octanol–water partition coefficient (Wildman–Crippen LogP) is 3.75. The molecule has 2 aliphatic rings. The third-order valence-electron chi connectivity index (χ3n) is 6.79. The largest absolute Gasteiger partial charge is 0.464 e. The molecule has 1 atom stereocenters. The van der Waals surface area contributed by atoms with Gasteiger partial charge in [0.15, 0.2) is 5.69 Å². The minimum atomic E-state index is -1.26. The molecule has 0 radical (unpaired) electrons. The SMILES string of the molecule is COC(=O)c1cc2n(n1)C[C@](C)(C(=O)NC1CCC(C)CC1)N(c1ccc(Cl)cc1C)C2=O. The number of hydrogen-bond acceptors (Lipinski definition) is 5. The molecular weight excluding hydrogens is 444 g/mol. The second-order valence-electron chi connectivity index (χ2n) is 9.34. The van der Waals surface area contributed by atoms with Crippen LogP contribution in [0.15, 0.2) is 24.3 Å². The van der Waals surface area contributed by atoms with Crippen LogP contribution >= 0.6 is 11.6 Å². The molecule has 4 rings (SSSR count). The number of anilines is 1. The van der Waals surface area contributed by atoms with Crippen molar-refractivity contribution < 1.29 is 19.1 Å². The van der Waals surface area contributed by atoms with Crippen molar-refractivity contribution in [3.05, 3.63) is 46.2 Å². The Kier molecular flexibility index (Phi) is 6.22. The molecule has 0 spiro atoms. The molecule has 0 saturated heterocycles. The number of halogens is 1. The van der Waals surface area contributed by atoms with Crippen molar-refractivity contribution in [1.82, 2.24) is 15.1 Å². The van der Waals surface area contributed by atoms with Gasteiger partial charge in [-0.25, -0.2) is 4.79 Å². The zero-order chi connectivity index (χ0) is 23.9. The van der Waals surface area contributed by atoms with Gasteiger partial charge in [-0.3, -0.25) is 19.2 Å². The Bertz CT molecular complexity index is 1110. The van der Waals surface area contributed by atoms with Crippen molar-refractivity contribution in [2.75, 3.05) is 12.0 Å². The fourth-order valence-corrected chi connectivity index (χ4v) is 5.01. The van der Waals surface area contributed by atoms with E-state index in [1.54, 1.807) is 25.1 Å². The monoisotopic (exact) mass is 472 g/mol. The quantitative estimate of drug-likeness (QED) is 0.684. The Hall–Kier alpha value is -2.87. The van der Waals surface area contributed by atoms with E-state index in [2.05, 4.69) is 17.3 Å². The fourth-order valence-electron chi connectivity index (χ4n) is 4.78. The molecule has 1 aliphatic carbocycles. The van der Waals surface area contributed by atoms with E-state index >= 15 is 0 Å². The number of nitrogens with one attached hydrogen (secondary N) is 1. The highest BCUT2D eigenvalue weighted by Crippen LogP contribution is 2.36. The molecule has 9 heteroatoms. The van der Waals surface area contributed by atoms with Crippen molar-refractivity contribution in [2.24, 2.45) is 5.92 Å². The van der Waals surface area contributed by atoms with Gasteiger partial charge in [-0.15, -0.1) is 0 Å². The van der Waals surface area contributed by atoms with Crippen molar-refractivity contribution >= 4 is 35.1 Å². The Labute approximate surface area is 198 Å². The number of ether oxygens (including phenoxy) is 1. The molecule has 33 heavy (non-hydrogen) atoms. The minimum absolute atomic E-state index is 0.0274. The first-order valence-corrected chi connectivity index (χ1v) is 11.6. The average Bonchev–Trinajstić information content (AvgIpc) is 3.20. The van der Waals surface area contributed by atoms with Gasteiger partial charge in [0, 0.05) is 22.8 Å². The van der Waals surface area contributed by atoms with Gasteiger partial charge in [0.1, 0.15) is 11.2 Å². The summed E-state index contributed by atoms with van der Waals surface area (Å²) in [6.07, 6.45) is 3.95. The average molecular weight is 473 g/mol. The zero-order valence-electron chi connectivity index (χ0n) is 19.4. The van der Waals surface area contributed by atoms with E-state index in [0.29, 0.717) is 16.6 Å². The van der Waals surface area contributed by atoms with Crippen molar-refractivity contribution in [1.29, 1.82) is 0 Å². The number of methoxy groups -OCH3 is 1. The van der Waals surface area contributed by atoms with Crippen molar-refractivity contribution in [3.8, 4) is 0 Å². The first-order valence-electron chi connectivity index (χ1n) is 11.2. The van der Waals surface area contributed by atoms with Gasteiger partial charge >= 0.3 is 5.97 Å². The van der Waals surface area contributed by atoms with Gasteiger partial charge in [-0.2, -0.15) is 5.10 Å². The number of carbonyl (C=O) groups excluding carboxylic acids is 3. The van der Waals surface area contributed by atoms with E-state index in [9.17, 15) is 14.4 Å². The van der Waals surface area contributed by atoms with Gasteiger partial charge in [-0.05, 0) is 69.2 Å². The number of amides is 2. The molecule has 0 unspecified atom stereocenters. The second-order valence-corrected chi connectivity index (χ2v) is 9.78. The van der Waals surface area contributed by atoms with Crippen LogP contribution in [-0.4, -0.2) is 46.3 Å². The molecule has 1 fully saturated rings. The summed E-state index contributed by atoms with van der Waals surface area (Å²) in [6, 6.07) is 6.68. The zero-order valence-corrected chi connectivity index (χ0v) is 20.1. The highest BCUT2D eigenvalue weighted by molar-refractivity contribution is 6.30. The third-order valence-corrected chi connectivity index (χ3v) is 7.02. The van der Waals surface area contributed by atoms with Crippen LogP contribution in [0.1, 0.15) is 66.1 Å². The van der Waals surface area contributed by atoms with Gasteiger partial charge < -0.3 is 10.1 Å². The summed E-state index contributed by atoms with van der Waals surface area (Å²) in [7, 11) is 1.26. The fraction of sp³-hybridized carbons (Fsp3) is 0.500. The minimum Gasteiger partial charge on any atom is -0.464 e. The van der Waals surface area contributed by atoms with Crippen LogP contribution in [-0.2, 0) is 16.1 Å². The predicted molar refractivity (Wildman–Crippen MR) is 125 cm³/mol. The van der Waals surface area contributed by atoms with Crippen LogP contribution in [0.4, 0.5) is 5.69 Å². The van der Waals surface area contributed by atoms with E-state index in [1.807, 2.05) is 6.92 Å². The van der Waals surface area contributed by atoms with Gasteiger partial charge in [-0.1, -0.05) is 18.5 Å². The standard InChI is InChI=1S/C24H29ClN4O4/c1-14-5-8-17(9-6-14)26-23(32)24(3)13-28-20(12-18(27-28)22(31)33-4)21(30)29(24)19-10-7-16(25)11-15(19)2/h7,10-12,14,17H,5-6,8-9,13H2,1-4H3,(H,26,32)/t14?,17?,24-/m1/s1. The van der Waals surface area contributed by atoms with Crippen molar-refractivity contribution in [3.63, 3.8) is 0 Å². The number of aryl methyl sites for hydroxylation is 1. The first-order chi connectivity index (χ1) is 15.6. The summed E-state index contributed by atoms with van der Waals surface area (Å²) in [5.41, 5.74) is 0.348. The van der Waals surface area contributed by atoms with Gasteiger partial charge in [0.25, 0.3) is 5.91 Å². The summed E-state index contributed by atoms with van der Waals surface area (Å²) in [5, 5.41) is 7.99. The van der Waals surface area contributed by atoms with Crippen LogP contribution in [0.2, 0.25) is 5.02 Å². The number of rotatable bonds is 4. The maximum atomic E-state index is 13.7. The molecule has 2 amide bonds. The first kappa shape index (κ1) is 23.3. The van der Waals surface area contributed by atoms with E-state index in [1.165, 1.54) is 22.8 Å². The molecule has 2 heterocycles. The molecule has 1 N–H and O–H groups in total. The van der Waals surface area contributed by atoms with Crippen LogP contribution in [0.3, 0.4) is 0 Å². The lowest BCUT2D eigenvalue weighted by Gasteiger charge is -2.44. The maximum Gasteiger partial charge on any atom is 0.358 e.